The highest BCUT2D eigenvalue weighted by atomic mass is 32.7. The highest BCUT2D eigenvalue weighted by molar-refractivity contribution is 8.44. The lowest BCUT2D eigenvalue weighted by Gasteiger charge is -2.29. The van der Waals surface area contributed by atoms with Gasteiger partial charge in [-0.3, -0.25) is 46.5 Å². The number of aromatic nitrogens is 11. The van der Waals surface area contributed by atoms with Crippen molar-refractivity contribution in [3.63, 3.8) is 0 Å². The topological polar surface area (TPSA) is 461 Å². The first-order chi connectivity index (χ1) is 44.6. The molecular formula is C53H63FN20O15P2S2. The van der Waals surface area contributed by atoms with Crippen LogP contribution in [0.25, 0.3) is 44.8 Å². The summed E-state index contributed by atoms with van der Waals surface area (Å²) >= 11 is 8.39. The fourth-order valence-electron chi connectivity index (χ4n) is 10.9. The number of rotatable bonds is 19. The Kier molecular flexibility index (Phi) is 19.9. The number of carbonyl (C=O) groups is 5. The smallest absolute Gasteiger partial charge is 0.424 e. The van der Waals surface area contributed by atoms with Crippen LogP contribution in [0, 0.1) is 5.92 Å². The number of primary amides is 1. The largest absolute Gasteiger partial charge is 0.433 e. The highest BCUT2D eigenvalue weighted by Gasteiger charge is 2.55. The van der Waals surface area contributed by atoms with E-state index in [1.54, 1.807) is 13.8 Å². The minimum Gasteiger partial charge on any atom is -0.424 e. The van der Waals surface area contributed by atoms with E-state index in [2.05, 4.69) is 103 Å². The van der Waals surface area contributed by atoms with E-state index in [-0.39, 0.29) is 66.3 Å². The third-order valence-corrected chi connectivity index (χ3v) is 18.4. The lowest BCUT2D eigenvalue weighted by molar-refractivity contribution is -0.134. The molecule has 2 aromatic carbocycles. The second kappa shape index (κ2) is 28.0. The van der Waals surface area contributed by atoms with E-state index in [9.17, 15) is 33.1 Å². The van der Waals surface area contributed by atoms with Crippen LogP contribution in [0.5, 0.6) is 0 Å². The van der Waals surface area contributed by atoms with Crippen LogP contribution in [-0.4, -0.2) is 159 Å². The van der Waals surface area contributed by atoms with Crippen LogP contribution in [0.1, 0.15) is 51.1 Å². The standard InChI is InChI=1S/C53H63FN20O15P2S2/c1-4-10-34(68-48(76)30(15-9-16-58-52(57)78)66-49(77)36(25(2)3)67-33(75)18-74-40-28-13-7-8-14-29(28)59-17-26-11-5-6-12-27(26)37(40)69-71-74)86-53(79)70-87-43-42-32(85-51(43)73-24-65-39-45(56)61-22-63-47(39)73)20-83-90(80,92)88-41-31(19-82-91(81,93)89-42)84-50(35(41)54)72-23-64-38-44(55)60-21-62-46(38)72/h4-8,11-14,21-25,30-32,34-36,41-43,50-51,59H,1,9-10,15-20H2,2-3H3,(H,66,77)(H,67,75)(H,68,76)(H,70,79)(H,80,92)(H,81,93)(H2,55,60,62)(H2,56,61,63)(H3,57,58,78)/t30-,31+,32?,34?,35+,36-,41+,42+,43+,50+,51+,90+,91+/m0/s1. The van der Waals surface area contributed by atoms with E-state index < -0.39 is 130 Å². The molecule has 4 aliphatic rings. The van der Waals surface area contributed by atoms with E-state index in [0.29, 0.717) is 17.9 Å². The van der Waals surface area contributed by atoms with E-state index in [4.69, 9.17) is 54.3 Å². The molecule has 13 atom stereocenters. The number of imidazole rings is 2. The van der Waals surface area contributed by atoms with Gasteiger partial charge < -0.3 is 58.0 Å². The van der Waals surface area contributed by atoms with Crippen molar-refractivity contribution in [2.75, 3.05) is 36.5 Å². The molecule has 5 aromatic heterocycles. The van der Waals surface area contributed by atoms with Crippen LogP contribution in [0.4, 0.5) is 31.3 Å². The summed E-state index contributed by atoms with van der Waals surface area (Å²) in [4.78, 5) is 99.0. The Hall–Kier alpha value is -8.42. The van der Waals surface area contributed by atoms with E-state index >= 15 is 4.39 Å². The number of anilines is 3. The van der Waals surface area contributed by atoms with Crippen molar-refractivity contribution in [2.45, 2.75) is 114 Å². The molecule has 35 nitrogen and oxygen atoms in total. The summed E-state index contributed by atoms with van der Waals surface area (Å²) < 4.78 is 90.2. The quantitative estimate of drug-likeness (QED) is 0.0138. The number of para-hydroxylation sites is 1. The van der Waals surface area contributed by atoms with E-state index in [1.165, 1.54) is 32.5 Å². The third kappa shape index (κ3) is 14.7. The van der Waals surface area contributed by atoms with Gasteiger partial charge in [0.1, 0.15) is 72.4 Å². The SMILES string of the molecule is C=CCC(NC(=O)[C@H](CCCNC(N)=O)NC(=O)[C@@H](NC(=O)Cn1nnc2c1-c1ccccc1NCc1ccccc1-2)C(C)C)OC(=O)NO[C@@H]1[C@@H]2O[P@](=O)(S)OC[C@H]3O[C@@H](n4cnc5c(N)ncnc54)[C@H](F)[C@@H]3O[P@](=O)(S)OCC2O[C@H]1n1cnc2c(N)ncnc21. The van der Waals surface area contributed by atoms with E-state index in [0.717, 1.165) is 35.0 Å². The number of thiol groups is 2. The van der Waals surface area contributed by atoms with Crippen LogP contribution in [0.3, 0.4) is 0 Å². The number of fused-ring (bicyclic) bond motifs is 9. The monoisotopic (exact) mass is 1360 g/mol. The molecule has 93 heavy (non-hydrogen) atoms. The Bertz CT molecular complexity index is 4080. The fourth-order valence-corrected chi connectivity index (χ4v) is 13.8. The summed E-state index contributed by atoms with van der Waals surface area (Å²) in [5.41, 5.74) is 24.3. The van der Waals surface area contributed by atoms with Gasteiger partial charge in [-0.1, -0.05) is 92.1 Å². The summed E-state index contributed by atoms with van der Waals surface area (Å²) in [7, 11) is 0. The lowest BCUT2D eigenvalue weighted by Crippen LogP contribution is -2.57. The van der Waals surface area contributed by atoms with Crippen LogP contribution in [0.2, 0.25) is 0 Å². The minimum absolute atomic E-state index is 0.00800. The number of nitrogens with zero attached hydrogens (tertiary/aromatic N) is 11. The maximum absolute atomic E-state index is 16.6. The van der Waals surface area contributed by atoms with Gasteiger partial charge in [-0.2, -0.15) is 5.48 Å². The highest BCUT2D eigenvalue weighted by Crippen LogP contribution is 2.61. The van der Waals surface area contributed by atoms with Crippen molar-refractivity contribution in [1.29, 1.82) is 0 Å². The number of amides is 6. The van der Waals surface area contributed by atoms with Gasteiger partial charge in [-0.25, -0.2) is 57.7 Å². The van der Waals surface area contributed by atoms with E-state index in [1.807, 2.05) is 48.5 Å². The summed E-state index contributed by atoms with van der Waals surface area (Å²) in [6, 6.07) is 11.8. The first-order valence-electron chi connectivity index (χ1n) is 28.7. The van der Waals surface area contributed by atoms with Gasteiger partial charge in [-0.05, 0) is 30.4 Å². The fraction of sp³-hybridized carbons (Fsp3) is 0.415. The molecule has 40 heteroatoms. The van der Waals surface area contributed by atoms with Gasteiger partial charge >= 0.3 is 25.7 Å². The Morgan fingerprint density at radius 3 is 2.12 bits per heavy atom. The Morgan fingerprint density at radius 1 is 0.828 bits per heavy atom. The molecule has 12 N–H and O–H groups in total. The maximum atomic E-state index is 16.6. The van der Waals surface area contributed by atoms with Crippen molar-refractivity contribution in [1.82, 2.24) is 80.8 Å². The molecule has 494 valence electrons. The van der Waals surface area contributed by atoms with Gasteiger partial charge in [0, 0.05) is 36.3 Å². The molecule has 0 aliphatic carbocycles. The molecule has 7 aromatic rings. The number of carbonyl (C=O) groups excluding carboxylic acids is 5. The molecule has 6 amide bonds. The van der Waals surface area contributed by atoms with Gasteiger partial charge in [-0.15, -0.1) is 11.7 Å². The second-order valence-electron chi connectivity index (χ2n) is 21.8. The lowest BCUT2D eigenvalue weighted by atomic mass is 9.97. The molecule has 0 spiro atoms. The van der Waals surface area contributed by atoms with Crippen LogP contribution < -0.4 is 49.3 Å². The molecule has 2 unspecified atom stereocenters. The Morgan fingerprint density at radius 2 is 1.45 bits per heavy atom. The predicted octanol–water partition coefficient (Wildman–Crippen LogP) is 3.53. The van der Waals surface area contributed by atoms with Crippen molar-refractivity contribution in [3.8, 4) is 22.5 Å². The number of hydrogen-bond donors (Lipinski definition) is 11. The summed E-state index contributed by atoms with van der Waals surface area (Å²) in [6.07, 6.45) is -10.5. The molecule has 0 bridgehead atoms. The third-order valence-electron chi connectivity index (χ3n) is 15.2. The number of urea groups is 1. The van der Waals surface area contributed by atoms with Gasteiger partial charge in [0.2, 0.25) is 17.7 Å². The number of alkyl halides is 1. The molecule has 0 saturated carbocycles. The first kappa shape index (κ1) is 66.1. The number of hydrogen-bond acceptors (Lipinski definition) is 26. The Labute approximate surface area is 537 Å². The molecule has 3 fully saturated rings. The van der Waals surface area contributed by atoms with Gasteiger partial charge in [0.05, 0.1) is 31.6 Å². The maximum Gasteiger partial charge on any atom is 0.433 e. The number of nitrogen functional groups attached to an aromatic ring is 2. The zero-order valence-electron chi connectivity index (χ0n) is 49.2. The summed E-state index contributed by atoms with van der Waals surface area (Å²) in [5.74, 6) is -2.86. The number of nitrogens with one attached hydrogen (secondary N) is 6. The minimum atomic E-state index is -4.70. The summed E-state index contributed by atoms with van der Waals surface area (Å²) in [5, 5.41) is 22.8. The van der Waals surface area contributed by atoms with Gasteiger partial charge in [0.25, 0.3) is 0 Å². The number of nitrogens with two attached hydrogens (primary N) is 3. The van der Waals surface area contributed by atoms with Crippen LogP contribution in [0.15, 0.2) is 86.5 Å². The van der Waals surface area contributed by atoms with Gasteiger partial charge in [0.15, 0.2) is 53.9 Å². The molecule has 11 rings (SSSR count). The average Bonchev–Trinajstić information content (AvgIpc) is 1.66. The molecule has 9 heterocycles. The first-order valence-corrected chi connectivity index (χ1v) is 34.1. The number of ether oxygens (including phenoxy) is 3. The number of hydroxylamine groups is 1. The normalized spacial score (nSPS) is 25.3. The van der Waals surface area contributed by atoms with Crippen molar-refractivity contribution in [2.24, 2.45) is 11.7 Å². The predicted molar refractivity (Wildman–Crippen MR) is 332 cm³/mol. The summed E-state index contributed by atoms with van der Waals surface area (Å²) in [6.45, 7) is -3.67. The zero-order chi connectivity index (χ0) is 65.9. The number of halogens is 1. The molecule has 3 saturated heterocycles. The molecule has 4 aliphatic heterocycles. The zero-order valence-corrected chi connectivity index (χ0v) is 52.8. The van der Waals surface area contributed by atoms with Crippen molar-refractivity contribution >= 4 is 108 Å². The van der Waals surface area contributed by atoms with Crippen LogP contribution >= 0.6 is 38.1 Å². The Balaban J connectivity index is 0.789. The average molecular weight is 1370 g/mol. The van der Waals surface area contributed by atoms with Crippen molar-refractivity contribution in [3.05, 3.63) is 92.1 Å². The second-order valence-corrected chi connectivity index (χ2v) is 27.6. The number of benzene rings is 2. The molecule has 0 radical (unpaired) electrons. The molecular weight excluding hydrogens is 1300 g/mol. The van der Waals surface area contributed by atoms with Crippen LogP contribution in [-0.2, 0) is 73.7 Å². The van der Waals surface area contributed by atoms with Crippen molar-refractivity contribution < 1.29 is 74.6 Å².